The van der Waals surface area contributed by atoms with Crippen LogP contribution < -0.4 is 11.1 Å². The summed E-state index contributed by atoms with van der Waals surface area (Å²) in [6.45, 7) is 0. The van der Waals surface area contributed by atoms with Crippen LogP contribution in [-0.4, -0.2) is 9.97 Å². The van der Waals surface area contributed by atoms with E-state index in [1.165, 1.54) is 30.3 Å². The van der Waals surface area contributed by atoms with Crippen molar-refractivity contribution in [1.82, 2.24) is 9.97 Å². The molecule has 3 rings (SSSR count). The van der Waals surface area contributed by atoms with E-state index in [-0.39, 0.29) is 0 Å². The van der Waals surface area contributed by atoms with Crippen LogP contribution in [0.2, 0.25) is 0 Å². The molecule has 0 amide bonds. The third-order valence-electron chi connectivity index (χ3n) is 3.47. The van der Waals surface area contributed by atoms with Crippen LogP contribution >= 0.6 is 15.9 Å². The molecule has 0 radical (unpaired) electrons. The lowest BCUT2D eigenvalue weighted by Crippen LogP contribution is -2.07. The second-order valence-corrected chi connectivity index (χ2v) is 5.49. The topological polar surface area (TPSA) is 63.8 Å². The molecule has 2 aromatic rings. The number of nitrogens with one attached hydrogen (secondary N) is 1. The van der Waals surface area contributed by atoms with Crippen molar-refractivity contribution in [3.05, 3.63) is 40.1 Å². The van der Waals surface area contributed by atoms with Gasteiger partial charge in [-0.25, -0.2) is 9.97 Å². The molecule has 0 unspecified atom stereocenters. The number of hydrogen-bond donors (Lipinski definition) is 2. The molecular formula is C14H15BrN4. The Labute approximate surface area is 120 Å². The summed E-state index contributed by atoms with van der Waals surface area (Å²) < 4.78 is 0.711. The van der Waals surface area contributed by atoms with Crippen molar-refractivity contribution in [3.8, 4) is 0 Å². The van der Waals surface area contributed by atoms with Gasteiger partial charge in [-0.15, -0.1) is 0 Å². The molecule has 0 atom stereocenters. The van der Waals surface area contributed by atoms with Crippen molar-refractivity contribution in [3.63, 3.8) is 0 Å². The lowest BCUT2D eigenvalue weighted by molar-refractivity contribution is 0.687. The highest BCUT2D eigenvalue weighted by molar-refractivity contribution is 9.10. The number of aryl methyl sites for hydroxylation is 1. The minimum absolute atomic E-state index is 0.447. The Bertz CT molecular complexity index is 612. The number of nitrogen functional groups attached to an aromatic ring is 1. The average molecular weight is 319 g/mol. The molecule has 0 bridgehead atoms. The minimum atomic E-state index is 0.447. The predicted molar refractivity (Wildman–Crippen MR) is 80.5 cm³/mol. The quantitative estimate of drug-likeness (QED) is 0.890. The van der Waals surface area contributed by atoms with Crippen molar-refractivity contribution in [2.45, 2.75) is 25.7 Å². The van der Waals surface area contributed by atoms with Gasteiger partial charge in [-0.05, 0) is 58.8 Å². The highest BCUT2D eigenvalue weighted by Gasteiger charge is 2.14. The molecule has 0 fully saturated rings. The maximum atomic E-state index is 5.77. The largest absolute Gasteiger partial charge is 0.383 e. The van der Waals surface area contributed by atoms with Gasteiger partial charge in [0.1, 0.15) is 22.4 Å². The van der Waals surface area contributed by atoms with Crippen LogP contribution in [0.5, 0.6) is 0 Å². The van der Waals surface area contributed by atoms with Crippen LogP contribution in [0, 0.1) is 0 Å². The van der Waals surface area contributed by atoms with E-state index in [0.717, 1.165) is 18.5 Å². The molecule has 0 spiro atoms. The lowest BCUT2D eigenvalue weighted by atomic mass is 9.90. The first-order valence-electron chi connectivity index (χ1n) is 6.39. The molecular weight excluding hydrogens is 304 g/mol. The van der Waals surface area contributed by atoms with E-state index in [1.807, 2.05) is 0 Å². The van der Waals surface area contributed by atoms with Gasteiger partial charge in [0, 0.05) is 5.69 Å². The zero-order valence-electron chi connectivity index (χ0n) is 10.5. The summed E-state index contributed by atoms with van der Waals surface area (Å²) in [4.78, 5) is 8.18. The molecule has 0 saturated heterocycles. The van der Waals surface area contributed by atoms with Gasteiger partial charge < -0.3 is 11.1 Å². The van der Waals surface area contributed by atoms with E-state index in [9.17, 15) is 0 Å². The first-order chi connectivity index (χ1) is 9.25. The SMILES string of the molecule is Nc1ncnc(Nc2cccc3c2CCCC3)c1Br. The second-order valence-electron chi connectivity index (χ2n) is 4.70. The summed E-state index contributed by atoms with van der Waals surface area (Å²) in [6, 6.07) is 6.39. The summed E-state index contributed by atoms with van der Waals surface area (Å²) in [6.07, 6.45) is 6.28. The Balaban J connectivity index is 1.97. The molecule has 1 aromatic heterocycles. The van der Waals surface area contributed by atoms with E-state index in [4.69, 9.17) is 5.73 Å². The molecule has 1 aromatic carbocycles. The highest BCUT2D eigenvalue weighted by Crippen LogP contribution is 2.32. The summed E-state index contributed by atoms with van der Waals surface area (Å²) in [5.41, 5.74) is 9.74. The van der Waals surface area contributed by atoms with Crippen LogP contribution in [0.25, 0.3) is 0 Å². The number of aromatic nitrogens is 2. The van der Waals surface area contributed by atoms with Crippen LogP contribution in [-0.2, 0) is 12.8 Å². The van der Waals surface area contributed by atoms with E-state index in [1.54, 1.807) is 0 Å². The fraction of sp³-hybridized carbons (Fsp3) is 0.286. The van der Waals surface area contributed by atoms with E-state index < -0.39 is 0 Å². The fourth-order valence-corrected chi connectivity index (χ4v) is 2.80. The molecule has 4 nitrogen and oxygen atoms in total. The van der Waals surface area contributed by atoms with E-state index >= 15 is 0 Å². The summed E-state index contributed by atoms with van der Waals surface area (Å²) in [5.74, 6) is 1.16. The molecule has 98 valence electrons. The molecule has 3 N–H and O–H groups in total. The monoisotopic (exact) mass is 318 g/mol. The van der Waals surface area contributed by atoms with Gasteiger partial charge in [-0.1, -0.05) is 12.1 Å². The van der Waals surface area contributed by atoms with Crippen molar-refractivity contribution in [2.24, 2.45) is 0 Å². The molecule has 1 heterocycles. The zero-order chi connectivity index (χ0) is 13.2. The number of rotatable bonds is 2. The maximum Gasteiger partial charge on any atom is 0.150 e. The van der Waals surface area contributed by atoms with Gasteiger partial charge in [0.15, 0.2) is 0 Å². The molecule has 1 aliphatic rings. The van der Waals surface area contributed by atoms with Crippen molar-refractivity contribution >= 4 is 33.3 Å². The summed E-state index contributed by atoms with van der Waals surface area (Å²) in [5, 5.41) is 3.36. The third-order valence-corrected chi connectivity index (χ3v) is 4.25. The zero-order valence-corrected chi connectivity index (χ0v) is 12.1. The summed E-state index contributed by atoms with van der Waals surface area (Å²) >= 11 is 3.42. The van der Waals surface area contributed by atoms with Crippen LogP contribution in [0.1, 0.15) is 24.0 Å². The van der Waals surface area contributed by atoms with Gasteiger partial charge in [0.2, 0.25) is 0 Å². The normalized spacial score (nSPS) is 13.9. The predicted octanol–water partition coefficient (Wildman–Crippen LogP) is 3.44. The van der Waals surface area contributed by atoms with Crippen LogP contribution in [0.15, 0.2) is 29.0 Å². The van der Waals surface area contributed by atoms with E-state index in [0.29, 0.717) is 16.1 Å². The maximum absolute atomic E-state index is 5.77. The average Bonchev–Trinajstić information content (AvgIpc) is 2.44. The second kappa shape index (κ2) is 5.17. The van der Waals surface area contributed by atoms with Crippen molar-refractivity contribution in [2.75, 3.05) is 11.1 Å². The lowest BCUT2D eigenvalue weighted by Gasteiger charge is -2.20. The van der Waals surface area contributed by atoms with Gasteiger partial charge in [0.25, 0.3) is 0 Å². The Kier molecular flexibility index (Phi) is 3.38. The first kappa shape index (κ1) is 12.4. The van der Waals surface area contributed by atoms with Gasteiger partial charge in [0.05, 0.1) is 0 Å². The molecule has 19 heavy (non-hydrogen) atoms. The van der Waals surface area contributed by atoms with Crippen LogP contribution in [0.4, 0.5) is 17.3 Å². The standard InChI is InChI=1S/C14H15BrN4/c15-12-13(16)17-8-18-14(12)19-11-7-3-5-9-4-1-2-6-10(9)11/h3,5,7-8H,1-2,4,6H2,(H3,16,17,18,19). The number of nitrogens with two attached hydrogens (primary N) is 1. The number of halogens is 1. The number of hydrogen-bond acceptors (Lipinski definition) is 4. The third kappa shape index (κ3) is 2.42. The molecule has 0 aliphatic heterocycles. The minimum Gasteiger partial charge on any atom is -0.383 e. The Hall–Kier alpha value is -1.62. The fourth-order valence-electron chi connectivity index (χ4n) is 2.50. The number of benzene rings is 1. The van der Waals surface area contributed by atoms with Crippen molar-refractivity contribution < 1.29 is 0 Å². The molecule has 5 heteroatoms. The smallest absolute Gasteiger partial charge is 0.150 e. The van der Waals surface area contributed by atoms with Crippen LogP contribution in [0.3, 0.4) is 0 Å². The Morgan fingerprint density at radius 1 is 1.16 bits per heavy atom. The van der Waals surface area contributed by atoms with Gasteiger partial charge >= 0.3 is 0 Å². The van der Waals surface area contributed by atoms with E-state index in [2.05, 4.69) is 49.4 Å². The number of fused-ring (bicyclic) bond motifs is 1. The van der Waals surface area contributed by atoms with Crippen molar-refractivity contribution in [1.29, 1.82) is 0 Å². The number of anilines is 3. The first-order valence-corrected chi connectivity index (χ1v) is 7.19. The Morgan fingerprint density at radius 3 is 2.89 bits per heavy atom. The number of nitrogens with zero attached hydrogens (tertiary/aromatic N) is 2. The van der Waals surface area contributed by atoms with Gasteiger partial charge in [-0.2, -0.15) is 0 Å². The Morgan fingerprint density at radius 2 is 2.00 bits per heavy atom. The molecule has 1 aliphatic carbocycles. The van der Waals surface area contributed by atoms with Gasteiger partial charge in [-0.3, -0.25) is 0 Å². The highest BCUT2D eigenvalue weighted by atomic mass is 79.9. The summed E-state index contributed by atoms with van der Waals surface area (Å²) in [7, 11) is 0. The molecule has 0 saturated carbocycles.